The van der Waals surface area contributed by atoms with Gasteiger partial charge in [0.15, 0.2) is 5.75 Å². The van der Waals surface area contributed by atoms with Gasteiger partial charge in [-0.15, -0.1) is 0 Å². The summed E-state index contributed by atoms with van der Waals surface area (Å²) in [6.45, 7) is 7.85. The Kier molecular flexibility index (Phi) is 4.90. The molecular formula is C13H22N2O3. The highest BCUT2D eigenvalue weighted by Crippen LogP contribution is 2.24. The molecule has 1 aromatic rings. The molecule has 0 amide bonds. The van der Waals surface area contributed by atoms with Crippen molar-refractivity contribution in [3.63, 3.8) is 0 Å². The zero-order valence-corrected chi connectivity index (χ0v) is 11.9. The van der Waals surface area contributed by atoms with Crippen molar-refractivity contribution in [1.82, 2.24) is 9.78 Å². The SMILES string of the molecule is COc1cnn(C(C)C)c1C(=O)C(OC)C(C)C. The first-order valence-corrected chi connectivity index (χ1v) is 6.12. The molecular weight excluding hydrogens is 232 g/mol. The first kappa shape index (κ1) is 14.7. The lowest BCUT2D eigenvalue weighted by Gasteiger charge is -2.20. The van der Waals surface area contributed by atoms with Gasteiger partial charge in [-0.1, -0.05) is 13.8 Å². The van der Waals surface area contributed by atoms with Crippen LogP contribution in [0.15, 0.2) is 6.20 Å². The second-order valence-corrected chi connectivity index (χ2v) is 4.86. The molecule has 5 nitrogen and oxygen atoms in total. The highest BCUT2D eigenvalue weighted by molar-refractivity contribution is 6.00. The Hall–Kier alpha value is -1.36. The normalized spacial score (nSPS) is 13.1. The van der Waals surface area contributed by atoms with Gasteiger partial charge in [-0.2, -0.15) is 5.10 Å². The number of ketones is 1. The van der Waals surface area contributed by atoms with Gasteiger partial charge in [-0.05, 0) is 19.8 Å². The predicted octanol–water partition coefficient (Wildman–Crippen LogP) is 2.33. The summed E-state index contributed by atoms with van der Waals surface area (Å²) in [4.78, 5) is 12.5. The van der Waals surface area contributed by atoms with Gasteiger partial charge in [-0.25, -0.2) is 0 Å². The average molecular weight is 254 g/mol. The quantitative estimate of drug-likeness (QED) is 0.731. The lowest BCUT2D eigenvalue weighted by Crippen LogP contribution is -2.31. The van der Waals surface area contributed by atoms with E-state index in [0.717, 1.165) is 0 Å². The maximum atomic E-state index is 12.5. The van der Waals surface area contributed by atoms with Crippen LogP contribution in [0, 0.1) is 5.92 Å². The molecule has 5 heteroatoms. The smallest absolute Gasteiger partial charge is 0.213 e. The van der Waals surface area contributed by atoms with E-state index in [9.17, 15) is 4.79 Å². The molecule has 1 aromatic heterocycles. The van der Waals surface area contributed by atoms with Crippen molar-refractivity contribution in [3.8, 4) is 5.75 Å². The van der Waals surface area contributed by atoms with E-state index in [0.29, 0.717) is 11.4 Å². The fourth-order valence-electron chi connectivity index (χ4n) is 1.94. The number of carbonyl (C=O) groups is 1. The van der Waals surface area contributed by atoms with E-state index >= 15 is 0 Å². The maximum Gasteiger partial charge on any atom is 0.213 e. The van der Waals surface area contributed by atoms with Crippen LogP contribution in [0.25, 0.3) is 0 Å². The summed E-state index contributed by atoms with van der Waals surface area (Å²) < 4.78 is 12.2. The molecule has 1 rings (SSSR count). The molecule has 18 heavy (non-hydrogen) atoms. The van der Waals surface area contributed by atoms with Crippen LogP contribution >= 0.6 is 0 Å². The molecule has 0 fully saturated rings. The Morgan fingerprint density at radius 3 is 2.28 bits per heavy atom. The molecule has 1 atom stereocenters. The lowest BCUT2D eigenvalue weighted by molar-refractivity contribution is 0.0444. The van der Waals surface area contributed by atoms with Crippen molar-refractivity contribution in [2.45, 2.75) is 39.8 Å². The minimum absolute atomic E-state index is 0.0875. The molecule has 102 valence electrons. The monoisotopic (exact) mass is 254 g/mol. The van der Waals surface area contributed by atoms with Crippen LogP contribution in [-0.4, -0.2) is 35.9 Å². The number of methoxy groups -OCH3 is 2. The number of rotatable bonds is 6. The second-order valence-electron chi connectivity index (χ2n) is 4.86. The number of ether oxygens (including phenoxy) is 2. The first-order valence-electron chi connectivity index (χ1n) is 6.12. The molecule has 0 aromatic carbocycles. The van der Waals surface area contributed by atoms with Crippen LogP contribution in [0.3, 0.4) is 0 Å². The van der Waals surface area contributed by atoms with Gasteiger partial charge in [-0.3, -0.25) is 9.48 Å². The van der Waals surface area contributed by atoms with Crippen LogP contribution in [0.1, 0.15) is 44.2 Å². The number of hydrogen-bond acceptors (Lipinski definition) is 4. The van der Waals surface area contributed by atoms with E-state index in [1.165, 1.54) is 7.11 Å². The van der Waals surface area contributed by atoms with Crippen molar-refractivity contribution in [3.05, 3.63) is 11.9 Å². The van der Waals surface area contributed by atoms with Gasteiger partial charge in [0.25, 0.3) is 0 Å². The summed E-state index contributed by atoms with van der Waals surface area (Å²) in [7, 11) is 3.08. The number of nitrogens with zero attached hydrogens (tertiary/aromatic N) is 2. The van der Waals surface area contributed by atoms with E-state index in [1.807, 2.05) is 27.7 Å². The second kappa shape index (κ2) is 6.00. The molecule has 0 bridgehead atoms. The van der Waals surface area contributed by atoms with E-state index < -0.39 is 6.10 Å². The summed E-state index contributed by atoms with van der Waals surface area (Å²) in [5.41, 5.74) is 0.480. The zero-order valence-electron chi connectivity index (χ0n) is 11.9. The minimum Gasteiger partial charge on any atom is -0.493 e. The molecule has 0 aliphatic rings. The summed E-state index contributed by atoms with van der Waals surface area (Å²) in [6, 6.07) is 0.0949. The van der Waals surface area contributed by atoms with Gasteiger partial charge in [0.1, 0.15) is 11.8 Å². The Bertz CT molecular complexity index is 410. The number of carbonyl (C=O) groups excluding carboxylic acids is 1. The third-order valence-corrected chi connectivity index (χ3v) is 2.82. The minimum atomic E-state index is -0.479. The number of Topliss-reactive ketones (excluding diaryl/α,β-unsaturated/α-hetero) is 1. The topological polar surface area (TPSA) is 53.4 Å². The molecule has 0 radical (unpaired) electrons. The van der Waals surface area contributed by atoms with Crippen LogP contribution in [0.4, 0.5) is 0 Å². The largest absolute Gasteiger partial charge is 0.493 e. The van der Waals surface area contributed by atoms with Gasteiger partial charge in [0, 0.05) is 13.2 Å². The average Bonchev–Trinajstić information content (AvgIpc) is 2.72. The molecule has 0 aliphatic heterocycles. The van der Waals surface area contributed by atoms with Crippen molar-refractivity contribution in [2.24, 2.45) is 5.92 Å². The molecule has 0 N–H and O–H groups in total. The highest BCUT2D eigenvalue weighted by Gasteiger charge is 2.30. The van der Waals surface area contributed by atoms with Gasteiger partial charge in [0.2, 0.25) is 5.78 Å². The van der Waals surface area contributed by atoms with Crippen LogP contribution in [0.5, 0.6) is 5.75 Å². The van der Waals surface area contributed by atoms with E-state index in [-0.39, 0.29) is 17.7 Å². The Morgan fingerprint density at radius 2 is 1.89 bits per heavy atom. The lowest BCUT2D eigenvalue weighted by atomic mass is 10.0. The molecule has 0 aliphatic carbocycles. The molecule has 0 spiro atoms. The third kappa shape index (κ3) is 2.72. The van der Waals surface area contributed by atoms with Crippen molar-refractivity contribution >= 4 is 5.78 Å². The fourth-order valence-corrected chi connectivity index (χ4v) is 1.94. The zero-order chi connectivity index (χ0) is 13.9. The van der Waals surface area contributed by atoms with Crippen LogP contribution in [0.2, 0.25) is 0 Å². The van der Waals surface area contributed by atoms with Crippen molar-refractivity contribution < 1.29 is 14.3 Å². The van der Waals surface area contributed by atoms with Gasteiger partial charge < -0.3 is 9.47 Å². The summed E-state index contributed by atoms with van der Waals surface area (Å²) in [5.74, 6) is 0.509. The first-order chi connectivity index (χ1) is 8.43. The van der Waals surface area contributed by atoms with E-state index in [1.54, 1.807) is 18.0 Å². The summed E-state index contributed by atoms with van der Waals surface area (Å²) in [5, 5.41) is 4.20. The van der Waals surface area contributed by atoms with Crippen molar-refractivity contribution in [2.75, 3.05) is 14.2 Å². The van der Waals surface area contributed by atoms with E-state index in [4.69, 9.17) is 9.47 Å². The van der Waals surface area contributed by atoms with Gasteiger partial charge >= 0.3 is 0 Å². The highest BCUT2D eigenvalue weighted by atomic mass is 16.5. The fraction of sp³-hybridized carbons (Fsp3) is 0.692. The molecule has 0 saturated heterocycles. The van der Waals surface area contributed by atoms with Gasteiger partial charge in [0.05, 0.1) is 13.3 Å². The van der Waals surface area contributed by atoms with E-state index in [2.05, 4.69) is 5.10 Å². The third-order valence-electron chi connectivity index (χ3n) is 2.82. The summed E-state index contributed by atoms with van der Waals surface area (Å²) in [6.07, 6.45) is 1.09. The predicted molar refractivity (Wildman–Crippen MR) is 69.1 cm³/mol. The Labute approximate surface area is 108 Å². The summed E-state index contributed by atoms with van der Waals surface area (Å²) >= 11 is 0. The molecule has 0 saturated carbocycles. The van der Waals surface area contributed by atoms with Crippen molar-refractivity contribution in [1.29, 1.82) is 0 Å². The molecule has 1 heterocycles. The Balaban J connectivity index is 3.21. The van der Waals surface area contributed by atoms with Crippen LogP contribution < -0.4 is 4.74 Å². The molecule has 1 unspecified atom stereocenters. The number of hydrogen-bond donors (Lipinski definition) is 0. The van der Waals surface area contributed by atoms with Crippen LogP contribution in [-0.2, 0) is 4.74 Å². The Morgan fingerprint density at radius 1 is 1.28 bits per heavy atom. The number of aromatic nitrogens is 2. The standard InChI is InChI=1S/C13H22N2O3/c1-8(2)13(18-6)12(16)11-10(17-5)7-14-15(11)9(3)4/h7-9,13H,1-6H3. The maximum absolute atomic E-state index is 12.5.